The van der Waals surface area contributed by atoms with E-state index >= 15 is 0 Å². The van der Waals surface area contributed by atoms with Crippen molar-refractivity contribution in [3.63, 3.8) is 0 Å². The van der Waals surface area contributed by atoms with Crippen LogP contribution >= 0.6 is 12.4 Å². The van der Waals surface area contributed by atoms with E-state index in [0.29, 0.717) is 26.2 Å². The molecule has 0 radical (unpaired) electrons. The maximum absolute atomic E-state index is 12.0. The van der Waals surface area contributed by atoms with Crippen molar-refractivity contribution in [2.24, 2.45) is 11.1 Å². The summed E-state index contributed by atoms with van der Waals surface area (Å²) in [6, 6.07) is 0. The number of nitrogens with two attached hydrogens (primary N) is 1. The summed E-state index contributed by atoms with van der Waals surface area (Å²) in [5.41, 5.74) is 5.02. The fourth-order valence-electron chi connectivity index (χ4n) is 1.53. The van der Waals surface area contributed by atoms with E-state index in [2.05, 4.69) is 0 Å². The first-order valence-electron chi connectivity index (χ1n) is 5.23. The molecule has 1 rings (SSSR count). The molecule has 1 atom stereocenters. The van der Waals surface area contributed by atoms with Crippen molar-refractivity contribution in [3.8, 4) is 0 Å². The van der Waals surface area contributed by atoms with Gasteiger partial charge in [-0.05, 0) is 13.8 Å². The third-order valence-electron chi connectivity index (χ3n) is 2.72. The van der Waals surface area contributed by atoms with Gasteiger partial charge in [-0.15, -0.1) is 12.4 Å². The van der Waals surface area contributed by atoms with Crippen LogP contribution < -0.4 is 5.73 Å². The van der Waals surface area contributed by atoms with Crippen LogP contribution in [0.5, 0.6) is 0 Å². The van der Waals surface area contributed by atoms with Crippen molar-refractivity contribution >= 4 is 18.3 Å². The molecule has 0 saturated carbocycles. The zero-order valence-electron chi connectivity index (χ0n) is 9.81. The van der Waals surface area contributed by atoms with Gasteiger partial charge in [-0.2, -0.15) is 0 Å². The number of nitrogens with zero attached hydrogens (tertiary/aromatic N) is 1. The summed E-state index contributed by atoms with van der Waals surface area (Å²) >= 11 is 0. The summed E-state index contributed by atoms with van der Waals surface area (Å²) in [5, 5.41) is 8.96. The maximum atomic E-state index is 12.0. The van der Waals surface area contributed by atoms with Crippen LogP contribution in [0.3, 0.4) is 0 Å². The summed E-state index contributed by atoms with van der Waals surface area (Å²) in [7, 11) is 0. The molecule has 5 nitrogen and oxygen atoms in total. The number of amides is 1. The lowest BCUT2D eigenvalue weighted by Gasteiger charge is -2.36. The quantitative estimate of drug-likeness (QED) is 0.718. The largest absolute Gasteiger partial charge is 0.394 e. The number of carbonyl (C=O) groups is 1. The maximum Gasteiger partial charge on any atom is 0.229 e. The Kier molecular flexibility index (Phi) is 6.25. The Hall–Kier alpha value is -0.360. The molecule has 1 heterocycles. The second kappa shape index (κ2) is 6.39. The van der Waals surface area contributed by atoms with Crippen LogP contribution in [-0.4, -0.2) is 54.9 Å². The van der Waals surface area contributed by atoms with Crippen molar-refractivity contribution in [2.45, 2.75) is 20.0 Å². The lowest BCUT2D eigenvalue weighted by Crippen LogP contribution is -2.52. The van der Waals surface area contributed by atoms with Crippen LogP contribution in [0, 0.1) is 5.41 Å². The molecular weight excluding hydrogens is 232 g/mol. The Balaban J connectivity index is 0.00000225. The Morgan fingerprint density at radius 3 is 2.75 bits per heavy atom. The Labute approximate surface area is 102 Å². The first-order valence-corrected chi connectivity index (χ1v) is 5.23. The van der Waals surface area contributed by atoms with E-state index in [1.54, 1.807) is 4.90 Å². The third kappa shape index (κ3) is 3.59. The van der Waals surface area contributed by atoms with Crippen LogP contribution in [0.1, 0.15) is 13.8 Å². The zero-order chi connectivity index (χ0) is 11.5. The molecule has 6 heteroatoms. The van der Waals surface area contributed by atoms with E-state index in [-0.39, 0.29) is 31.0 Å². The molecule has 1 fully saturated rings. The first kappa shape index (κ1) is 15.6. The van der Waals surface area contributed by atoms with E-state index < -0.39 is 5.41 Å². The van der Waals surface area contributed by atoms with Crippen molar-refractivity contribution in [1.82, 2.24) is 4.90 Å². The van der Waals surface area contributed by atoms with Crippen molar-refractivity contribution < 1.29 is 14.6 Å². The van der Waals surface area contributed by atoms with Gasteiger partial charge < -0.3 is 20.5 Å². The van der Waals surface area contributed by atoms with E-state index in [1.807, 2.05) is 13.8 Å². The van der Waals surface area contributed by atoms with Gasteiger partial charge in [0.05, 0.1) is 24.7 Å². The van der Waals surface area contributed by atoms with E-state index in [4.69, 9.17) is 15.6 Å². The number of carbonyl (C=O) groups excluding carboxylic acids is 1. The van der Waals surface area contributed by atoms with Gasteiger partial charge in [0, 0.05) is 19.6 Å². The number of hydrogen-bond donors (Lipinski definition) is 2. The van der Waals surface area contributed by atoms with Crippen LogP contribution in [-0.2, 0) is 9.53 Å². The van der Waals surface area contributed by atoms with Gasteiger partial charge in [0.25, 0.3) is 0 Å². The Bertz CT molecular complexity index is 236. The smallest absolute Gasteiger partial charge is 0.229 e. The van der Waals surface area contributed by atoms with Crippen molar-refractivity contribution in [2.75, 3.05) is 32.8 Å². The summed E-state index contributed by atoms with van der Waals surface area (Å²) in [6.07, 6.45) is -0.253. The molecule has 0 aliphatic carbocycles. The molecule has 96 valence electrons. The number of morpholine rings is 1. The van der Waals surface area contributed by atoms with Gasteiger partial charge in [-0.25, -0.2) is 0 Å². The molecule has 1 unspecified atom stereocenters. The average Bonchev–Trinajstić information content (AvgIpc) is 2.28. The zero-order valence-corrected chi connectivity index (χ0v) is 10.6. The van der Waals surface area contributed by atoms with Crippen LogP contribution in [0.2, 0.25) is 0 Å². The molecule has 0 aromatic rings. The minimum Gasteiger partial charge on any atom is -0.394 e. The Morgan fingerprint density at radius 2 is 2.25 bits per heavy atom. The highest BCUT2D eigenvalue weighted by molar-refractivity contribution is 5.85. The lowest BCUT2D eigenvalue weighted by molar-refractivity contribution is -0.148. The highest BCUT2D eigenvalue weighted by Crippen LogP contribution is 2.19. The van der Waals surface area contributed by atoms with E-state index in [1.165, 1.54) is 0 Å². The summed E-state index contributed by atoms with van der Waals surface area (Å²) in [6.45, 7) is 5.46. The van der Waals surface area contributed by atoms with E-state index in [0.717, 1.165) is 0 Å². The second-order valence-corrected chi connectivity index (χ2v) is 4.51. The number of aliphatic hydroxyl groups is 1. The van der Waals surface area contributed by atoms with Crippen molar-refractivity contribution in [3.05, 3.63) is 0 Å². The Morgan fingerprint density at radius 1 is 1.62 bits per heavy atom. The number of aliphatic hydroxyl groups excluding tert-OH is 1. The molecule has 1 aliphatic rings. The molecule has 1 amide bonds. The lowest BCUT2D eigenvalue weighted by atomic mass is 9.91. The molecular formula is C10H21ClN2O3. The first-order chi connectivity index (χ1) is 7.01. The minimum atomic E-state index is -0.530. The molecule has 0 aromatic carbocycles. The summed E-state index contributed by atoms with van der Waals surface area (Å²) in [4.78, 5) is 13.7. The molecule has 1 aliphatic heterocycles. The molecule has 16 heavy (non-hydrogen) atoms. The molecule has 1 saturated heterocycles. The highest BCUT2D eigenvalue weighted by Gasteiger charge is 2.33. The molecule has 0 spiro atoms. The normalized spacial score (nSPS) is 21.5. The van der Waals surface area contributed by atoms with Gasteiger partial charge >= 0.3 is 0 Å². The average molecular weight is 253 g/mol. The van der Waals surface area contributed by atoms with Crippen LogP contribution in [0.25, 0.3) is 0 Å². The topological polar surface area (TPSA) is 75.8 Å². The van der Waals surface area contributed by atoms with Crippen molar-refractivity contribution in [1.29, 1.82) is 0 Å². The van der Waals surface area contributed by atoms with Gasteiger partial charge in [0.2, 0.25) is 5.91 Å². The van der Waals surface area contributed by atoms with E-state index in [9.17, 15) is 4.79 Å². The SMILES string of the molecule is CC(C)(CN)C(=O)N1CCOC(CO)C1.Cl. The summed E-state index contributed by atoms with van der Waals surface area (Å²) < 4.78 is 5.28. The van der Waals surface area contributed by atoms with Gasteiger partial charge in [-0.3, -0.25) is 4.79 Å². The predicted molar refractivity (Wildman–Crippen MR) is 63.5 cm³/mol. The number of halogens is 1. The molecule has 0 bridgehead atoms. The number of rotatable bonds is 3. The predicted octanol–water partition coefficient (Wildman–Crippen LogP) is -0.387. The highest BCUT2D eigenvalue weighted by atomic mass is 35.5. The van der Waals surface area contributed by atoms with Crippen LogP contribution in [0.15, 0.2) is 0 Å². The minimum absolute atomic E-state index is 0. The number of hydrogen-bond acceptors (Lipinski definition) is 4. The van der Waals surface area contributed by atoms with Crippen LogP contribution in [0.4, 0.5) is 0 Å². The van der Waals surface area contributed by atoms with Gasteiger partial charge in [-0.1, -0.05) is 0 Å². The standard InChI is InChI=1S/C10H20N2O3.ClH/c1-10(2,7-11)9(14)12-3-4-15-8(5-12)6-13;/h8,13H,3-7,11H2,1-2H3;1H. The number of ether oxygens (including phenoxy) is 1. The van der Waals surface area contributed by atoms with Gasteiger partial charge in [0.1, 0.15) is 0 Å². The molecule has 0 aromatic heterocycles. The fourth-order valence-corrected chi connectivity index (χ4v) is 1.53. The molecule has 3 N–H and O–H groups in total. The monoisotopic (exact) mass is 252 g/mol. The third-order valence-corrected chi connectivity index (χ3v) is 2.72. The van der Waals surface area contributed by atoms with Gasteiger partial charge in [0.15, 0.2) is 0 Å². The fraction of sp³-hybridized carbons (Fsp3) is 0.900. The summed E-state index contributed by atoms with van der Waals surface area (Å²) in [5.74, 6) is 0.0340. The second-order valence-electron chi connectivity index (χ2n) is 4.51.